The minimum Gasteiger partial charge on any atom is -0.457 e. The molecule has 1 aliphatic rings. The first-order chi connectivity index (χ1) is 16.0. The average molecular weight is 510 g/mol. The lowest BCUT2D eigenvalue weighted by atomic mass is 9.84. The Bertz CT molecular complexity index is 1290. The number of anilines is 1. The van der Waals surface area contributed by atoms with Gasteiger partial charge in [-0.15, -0.1) is 0 Å². The maximum absolute atomic E-state index is 12.9. The number of carbonyl (C=O) groups is 1. The Kier molecular flexibility index (Phi) is 6.60. The van der Waals surface area contributed by atoms with Gasteiger partial charge in [0.25, 0.3) is 0 Å². The molecule has 1 amide bonds. The van der Waals surface area contributed by atoms with Gasteiger partial charge in [-0.05, 0) is 79.6 Å². The van der Waals surface area contributed by atoms with Gasteiger partial charge in [0.2, 0.25) is 5.91 Å². The van der Waals surface area contributed by atoms with Crippen molar-refractivity contribution in [3.05, 3.63) is 83.4 Å². The standard InChI is InChI=1S/C24H19ClF3NO4S/c25-17-4-8-19(9-5-17)33-20-10-6-18(7-11-20)29-23(30)15-12-22(13-15)34(31,32)21-3-1-2-16(14-21)24(26,27)28/h1-11,14-15,22H,12-13H2,(H,29,30)/t15-,22-. The molecule has 5 nitrogen and oxygen atoms in total. The number of carbonyl (C=O) groups excluding carboxylic acids is 1. The lowest BCUT2D eigenvalue weighted by Gasteiger charge is -2.33. The Morgan fingerprint density at radius 2 is 1.53 bits per heavy atom. The van der Waals surface area contributed by atoms with Gasteiger partial charge in [0.1, 0.15) is 11.5 Å². The van der Waals surface area contributed by atoms with Crippen molar-refractivity contribution < 1.29 is 31.1 Å². The normalized spacial score (nSPS) is 18.1. The zero-order valence-electron chi connectivity index (χ0n) is 17.6. The van der Waals surface area contributed by atoms with Gasteiger partial charge in [-0.25, -0.2) is 8.42 Å². The molecule has 1 fully saturated rings. The molecule has 34 heavy (non-hydrogen) atoms. The molecule has 3 aromatic rings. The molecule has 0 bridgehead atoms. The molecule has 3 aromatic carbocycles. The number of rotatable bonds is 6. The molecule has 0 saturated heterocycles. The summed E-state index contributed by atoms with van der Waals surface area (Å²) in [5, 5.41) is 2.42. The van der Waals surface area contributed by atoms with Crippen LogP contribution < -0.4 is 10.1 Å². The highest BCUT2D eigenvalue weighted by Crippen LogP contribution is 2.38. The summed E-state index contributed by atoms with van der Waals surface area (Å²) in [5.74, 6) is 0.261. The summed E-state index contributed by atoms with van der Waals surface area (Å²) in [5.41, 5.74) is -0.511. The fourth-order valence-electron chi connectivity index (χ4n) is 3.56. The molecule has 0 heterocycles. The third kappa shape index (κ3) is 5.37. The first-order valence-electron chi connectivity index (χ1n) is 10.3. The molecule has 1 N–H and O–H groups in total. The van der Waals surface area contributed by atoms with Crippen LogP contribution in [0.15, 0.2) is 77.7 Å². The van der Waals surface area contributed by atoms with E-state index in [1.54, 1.807) is 48.5 Å². The van der Waals surface area contributed by atoms with Crippen molar-refractivity contribution >= 4 is 33.0 Å². The number of ether oxygens (including phenoxy) is 1. The topological polar surface area (TPSA) is 72.5 Å². The van der Waals surface area contributed by atoms with Crippen LogP contribution in [0.4, 0.5) is 18.9 Å². The second-order valence-electron chi connectivity index (χ2n) is 7.93. The fourth-order valence-corrected chi connectivity index (χ4v) is 5.61. The summed E-state index contributed by atoms with van der Waals surface area (Å²) in [4.78, 5) is 12.1. The Labute approximate surface area is 199 Å². The highest BCUT2D eigenvalue weighted by Gasteiger charge is 2.43. The molecule has 0 aromatic heterocycles. The van der Waals surface area contributed by atoms with Crippen LogP contribution in [-0.4, -0.2) is 19.6 Å². The Balaban J connectivity index is 1.33. The zero-order chi connectivity index (χ0) is 24.5. The van der Waals surface area contributed by atoms with Gasteiger partial charge in [-0.3, -0.25) is 4.79 Å². The number of alkyl halides is 3. The lowest BCUT2D eigenvalue weighted by molar-refractivity contribution is -0.137. The number of hydrogen-bond acceptors (Lipinski definition) is 4. The molecular weight excluding hydrogens is 491 g/mol. The van der Waals surface area contributed by atoms with Crippen LogP contribution in [0.25, 0.3) is 0 Å². The van der Waals surface area contributed by atoms with E-state index in [1.807, 2.05) is 0 Å². The second kappa shape index (κ2) is 9.31. The maximum atomic E-state index is 12.9. The molecule has 4 rings (SSSR count). The van der Waals surface area contributed by atoms with Crippen LogP contribution >= 0.6 is 11.6 Å². The van der Waals surface area contributed by atoms with E-state index in [-0.39, 0.29) is 23.6 Å². The van der Waals surface area contributed by atoms with Crippen molar-refractivity contribution in [2.45, 2.75) is 29.2 Å². The van der Waals surface area contributed by atoms with E-state index in [2.05, 4.69) is 5.32 Å². The number of sulfone groups is 1. The summed E-state index contributed by atoms with van der Waals surface area (Å²) in [6, 6.07) is 17.2. The zero-order valence-corrected chi connectivity index (χ0v) is 19.1. The van der Waals surface area contributed by atoms with Crippen molar-refractivity contribution in [2.75, 3.05) is 5.32 Å². The van der Waals surface area contributed by atoms with Crippen molar-refractivity contribution in [3.63, 3.8) is 0 Å². The quantitative estimate of drug-likeness (QED) is 0.420. The van der Waals surface area contributed by atoms with Crippen LogP contribution in [0.5, 0.6) is 11.5 Å². The number of halogens is 4. The Morgan fingerprint density at radius 1 is 0.941 bits per heavy atom. The molecule has 178 valence electrons. The van der Waals surface area contributed by atoms with Gasteiger partial charge >= 0.3 is 6.18 Å². The number of amides is 1. The van der Waals surface area contributed by atoms with Crippen LogP contribution in [0.2, 0.25) is 5.02 Å². The average Bonchev–Trinajstić information content (AvgIpc) is 2.75. The SMILES string of the molecule is O=C(Nc1ccc(Oc2ccc(Cl)cc2)cc1)[C@H]1C[C@H](S(=O)(=O)c2cccc(C(F)(F)F)c2)C1. The summed E-state index contributed by atoms with van der Waals surface area (Å²) in [6.07, 6.45) is -4.55. The van der Waals surface area contributed by atoms with E-state index in [1.165, 1.54) is 0 Å². The predicted octanol–water partition coefficient (Wildman–Crippen LogP) is 6.34. The monoisotopic (exact) mass is 509 g/mol. The first-order valence-corrected chi connectivity index (χ1v) is 12.2. The minimum atomic E-state index is -4.64. The summed E-state index contributed by atoms with van der Waals surface area (Å²) >= 11 is 5.84. The maximum Gasteiger partial charge on any atom is 0.416 e. The fraction of sp³-hybridized carbons (Fsp3) is 0.208. The van der Waals surface area contributed by atoms with Gasteiger partial charge in [0.05, 0.1) is 15.7 Å². The van der Waals surface area contributed by atoms with Crippen LogP contribution in [0.1, 0.15) is 18.4 Å². The van der Waals surface area contributed by atoms with Gasteiger partial charge in [-0.1, -0.05) is 17.7 Å². The van der Waals surface area contributed by atoms with Crippen molar-refractivity contribution in [1.82, 2.24) is 0 Å². The molecule has 0 aliphatic heterocycles. The largest absolute Gasteiger partial charge is 0.457 e. The third-order valence-corrected chi connectivity index (χ3v) is 7.99. The van der Waals surface area contributed by atoms with E-state index < -0.39 is 32.7 Å². The molecule has 0 radical (unpaired) electrons. The summed E-state index contributed by atoms with van der Waals surface area (Å²) in [7, 11) is -3.97. The van der Waals surface area contributed by atoms with Crippen LogP contribution in [0, 0.1) is 5.92 Å². The minimum absolute atomic E-state index is 0.0438. The molecule has 10 heteroatoms. The van der Waals surface area contributed by atoms with Gasteiger partial charge < -0.3 is 10.1 Å². The van der Waals surface area contributed by atoms with Crippen molar-refractivity contribution in [1.29, 1.82) is 0 Å². The lowest BCUT2D eigenvalue weighted by Crippen LogP contribution is -2.42. The first kappa shape index (κ1) is 24.1. The molecule has 1 aliphatic carbocycles. The number of hydrogen-bond donors (Lipinski definition) is 1. The number of nitrogens with one attached hydrogen (secondary N) is 1. The highest BCUT2D eigenvalue weighted by molar-refractivity contribution is 7.92. The van der Waals surface area contributed by atoms with Crippen molar-refractivity contribution in [2.24, 2.45) is 5.92 Å². The van der Waals surface area contributed by atoms with Crippen LogP contribution in [0.3, 0.4) is 0 Å². The van der Waals surface area contributed by atoms with Crippen molar-refractivity contribution in [3.8, 4) is 11.5 Å². The molecule has 1 saturated carbocycles. The predicted molar refractivity (Wildman–Crippen MR) is 122 cm³/mol. The Morgan fingerprint density at radius 3 is 2.12 bits per heavy atom. The third-order valence-electron chi connectivity index (χ3n) is 5.57. The Hall–Kier alpha value is -3.04. The van der Waals surface area contributed by atoms with E-state index in [4.69, 9.17) is 16.3 Å². The van der Waals surface area contributed by atoms with Gasteiger partial charge in [-0.2, -0.15) is 13.2 Å². The van der Waals surface area contributed by atoms with E-state index >= 15 is 0 Å². The van der Waals surface area contributed by atoms with Gasteiger partial charge in [0, 0.05) is 16.6 Å². The second-order valence-corrected chi connectivity index (χ2v) is 10.6. The number of benzene rings is 3. The molecular formula is C24H19ClF3NO4S. The van der Waals surface area contributed by atoms with E-state index in [0.717, 1.165) is 18.2 Å². The highest BCUT2D eigenvalue weighted by atomic mass is 35.5. The smallest absolute Gasteiger partial charge is 0.416 e. The van der Waals surface area contributed by atoms with E-state index in [9.17, 15) is 26.4 Å². The van der Waals surface area contributed by atoms with E-state index in [0.29, 0.717) is 28.3 Å². The summed E-state index contributed by atoms with van der Waals surface area (Å²) < 4.78 is 69.8. The molecule has 0 atom stereocenters. The van der Waals surface area contributed by atoms with Gasteiger partial charge in [0.15, 0.2) is 9.84 Å². The molecule has 0 unspecified atom stereocenters. The summed E-state index contributed by atoms with van der Waals surface area (Å²) in [6.45, 7) is 0. The van der Waals surface area contributed by atoms with Crippen LogP contribution in [-0.2, 0) is 20.8 Å². The molecule has 0 spiro atoms.